The molecule has 0 aliphatic heterocycles. The Morgan fingerprint density at radius 1 is 1.24 bits per heavy atom. The third-order valence-corrected chi connectivity index (χ3v) is 4.75. The summed E-state index contributed by atoms with van der Waals surface area (Å²) in [6.45, 7) is 3.14. The minimum atomic E-state index is -0.230. The minimum absolute atomic E-state index is 0.000170. The number of nitrogens with one attached hydrogen (secondary N) is 1. The molecule has 0 unspecified atom stereocenters. The molecule has 2 aromatic rings. The molecular formula is C17H25N5O2S. The highest BCUT2D eigenvalue weighted by Gasteiger charge is 2.14. The van der Waals surface area contributed by atoms with E-state index in [0.717, 1.165) is 17.7 Å². The molecular weight excluding hydrogens is 338 g/mol. The quantitative estimate of drug-likeness (QED) is 0.724. The fourth-order valence-electron chi connectivity index (χ4n) is 2.33. The van der Waals surface area contributed by atoms with Gasteiger partial charge in [-0.2, -0.15) is 0 Å². The number of aromatic nitrogens is 3. The van der Waals surface area contributed by atoms with Gasteiger partial charge in [0, 0.05) is 39.9 Å². The largest absolute Gasteiger partial charge is 0.378 e. The summed E-state index contributed by atoms with van der Waals surface area (Å²) in [6.07, 6.45) is 0.837. The third-order valence-electron chi connectivity index (χ3n) is 3.79. The number of thioether (sulfide) groups is 1. The lowest BCUT2D eigenvalue weighted by Crippen LogP contribution is -2.28. The topological polar surface area (TPSA) is 74.2 Å². The molecule has 0 fully saturated rings. The van der Waals surface area contributed by atoms with Gasteiger partial charge in [0.05, 0.1) is 5.75 Å². The van der Waals surface area contributed by atoms with Crippen molar-refractivity contribution < 1.29 is 4.79 Å². The minimum Gasteiger partial charge on any atom is -0.378 e. The van der Waals surface area contributed by atoms with Gasteiger partial charge < -0.3 is 9.80 Å². The number of hydrogen-bond acceptors (Lipinski definition) is 5. The molecule has 0 aliphatic rings. The maximum absolute atomic E-state index is 12.3. The average molecular weight is 363 g/mol. The van der Waals surface area contributed by atoms with Crippen molar-refractivity contribution in [3.05, 3.63) is 40.3 Å². The zero-order valence-electron chi connectivity index (χ0n) is 15.2. The standard InChI is InChI=1S/C17H25N5O2S/c1-5-10-22-16(24)18-19-17(22)25-12-15(23)21(4)11-13-6-8-14(9-7-13)20(2)3/h6-9H,5,10-12H2,1-4H3,(H,18,24). The van der Waals surface area contributed by atoms with E-state index in [4.69, 9.17) is 0 Å². The number of carbonyl (C=O) groups is 1. The Kier molecular flexibility index (Phi) is 6.69. The number of H-pyrrole nitrogens is 1. The van der Waals surface area contributed by atoms with E-state index in [1.807, 2.05) is 50.2 Å². The Hall–Kier alpha value is -2.22. The van der Waals surface area contributed by atoms with Crippen LogP contribution in [0.3, 0.4) is 0 Å². The van der Waals surface area contributed by atoms with Crippen LogP contribution in [0.15, 0.2) is 34.2 Å². The van der Waals surface area contributed by atoms with E-state index in [9.17, 15) is 9.59 Å². The van der Waals surface area contributed by atoms with Gasteiger partial charge >= 0.3 is 5.69 Å². The first-order chi connectivity index (χ1) is 11.9. The summed E-state index contributed by atoms with van der Waals surface area (Å²) in [5, 5.41) is 6.98. The van der Waals surface area contributed by atoms with Crippen molar-refractivity contribution in [3.63, 3.8) is 0 Å². The molecule has 1 heterocycles. The first-order valence-corrected chi connectivity index (χ1v) is 9.19. The fourth-order valence-corrected chi connectivity index (χ4v) is 3.25. The van der Waals surface area contributed by atoms with E-state index in [1.54, 1.807) is 16.5 Å². The summed E-state index contributed by atoms with van der Waals surface area (Å²) in [7, 11) is 5.77. The average Bonchev–Trinajstić information content (AvgIpc) is 2.93. The molecule has 0 radical (unpaired) electrons. The Bertz CT molecular complexity index is 751. The molecule has 1 N–H and O–H groups in total. The van der Waals surface area contributed by atoms with Crippen LogP contribution in [-0.4, -0.2) is 52.5 Å². The molecule has 0 bridgehead atoms. The van der Waals surface area contributed by atoms with Crippen LogP contribution in [0.4, 0.5) is 5.69 Å². The normalized spacial score (nSPS) is 10.7. The highest BCUT2D eigenvalue weighted by Crippen LogP contribution is 2.16. The Morgan fingerprint density at radius 2 is 1.92 bits per heavy atom. The van der Waals surface area contributed by atoms with Gasteiger partial charge in [-0.15, -0.1) is 5.10 Å². The molecule has 1 aromatic carbocycles. The molecule has 136 valence electrons. The van der Waals surface area contributed by atoms with Gasteiger partial charge in [0.2, 0.25) is 5.91 Å². The summed E-state index contributed by atoms with van der Waals surface area (Å²) < 4.78 is 1.57. The molecule has 2 rings (SSSR count). The van der Waals surface area contributed by atoms with Gasteiger partial charge in [-0.3, -0.25) is 9.36 Å². The number of carbonyl (C=O) groups excluding carboxylic acids is 1. The monoisotopic (exact) mass is 363 g/mol. The van der Waals surface area contributed by atoms with Gasteiger partial charge in [-0.05, 0) is 24.1 Å². The van der Waals surface area contributed by atoms with Gasteiger partial charge in [0.1, 0.15) is 0 Å². The second-order valence-electron chi connectivity index (χ2n) is 6.06. The highest BCUT2D eigenvalue weighted by atomic mass is 32.2. The molecule has 25 heavy (non-hydrogen) atoms. The smallest absolute Gasteiger partial charge is 0.343 e. The number of hydrogen-bond donors (Lipinski definition) is 1. The fraction of sp³-hybridized carbons (Fsp3) is 0.471. The van der Waals surface area contributed by atoms with Crippen LogP contribution in [0.2, 0.25) is 0 Å². The van der Waals surface area contributed by atoms with E-state index in [2.05, 4.69) is 10.2 Å². The Morgan fingerprint density at radius 3 is 2.52 bits per heavy atom. The Labute approximate surface area is 152 Å². The number of benzene rings is 1. The number of nitrogens with zero attached hydrogens (tertiary/aromatic N) is 4. The van der Waals surface area contributed by atoms with Gasteiger partial charge in [-0.25, -0.2) is 9.89 Å². The van der Waals surface area contributed by atoms with Crippen molar-refractivity contribution in [2.75, 3.05) is 31.8 Å². The van der Waals surface area contributed by atoms with Gasteiger partial charge in [0.25, 0.3) is 0 Å². The van der Waals surface area contributed by atoms with Crippen molar-refractivity contribution in [1.82, 2.24) is 19.7 Å². The van der Waals surface area contributed by atoms with E-state index in [1.165, 1.54) is 11.8 Å². The lowest BCUT2D eigenvalue weighted by atomic mass is 10.2. The van der Waals surface area contributed by atoms with Crippen LogP contribution in [0, 0.1) is 0 Å². The van der Waals surface area contributed by atoms with E-state index in [-0.39, 0.29) is 17.3 Å². The molecule has 0 spiro atoms. The second kappa shape index (κ2) is 8.75. The summed E-state index contributed by atoms with van der Waals surface area (Å²) >= 11 is 1.28. The van der Waals surface area contributed by atoms with Crippen molar-refractivity contribution in [2.45, 2.75) is 31.6 Å². The van der Waals surface area contributed by atoms with E-state index >= 15 is 0 Å². The predicted octanol–water partition coefficient (Wildman–Crippen LogP) is 1.80. The summed E-state index contributed by atoms with van der Waals surface area (Å²) in [5.41, 5.74) is 1.97. The summed E-state index contributed by atoms with van der Waals surface area (Å²) in [4.78, 5) is 27.7. The van der Waals surface area contributed by atoms with Crippen molar-refractivity contribution in [2.24, 2.45) is 0 Å². The van der Waals surface area contributed by atoms with Gasteiger partial charge in [-0.1, -0.05) is 30.8 Å². The summed E-state index contributed by atoms with van der Waals surface area (Å²) in [5.74, 6) is 0.250. The second-order valence-corrected chi connectivity index (χ2v) is 7.00. The first kappa shape index (κ1) is 19.1. The highest BCUT2D eigenvalue weighted by molar-refractivity contribution is 7.99. The number of amides is 1. The maximum atomic E-state index is 12.3. The zero-order valence-corrected chi connectivity index (χ0v) is 16.0. The van der Waals surface area contributed by atoms with Crippen molar-refractivity contribution >= 4 is 23.4 Å². The SMILES string of the molecule is CCCn1c(SCC(=O)N(C)Cc2ccc(N(C)C)cc2)n[nH]c1=O. The molecule has 0 saturated carbocycles. The third kappa shape index (κ3) is 5.12. The molecule has 1 amide bonds. The lowest BCUT2D eigenvalue weighted by molar-refractivity contribution is -0.127. The number of rotatable bonds is 8. The van der Waals surface area contributed by atoms with Crippen LogP contribution in [0.1, 0.15) is 18.9 Å². The van der Waals surface area contributed by atoms with E-state index in [0.29, 0.717) is 18.2 Å². The summed E-state index contributed by atoms with van der Waals surface area (Å²) in [6, 6.07) is 8.13. The van der Waals surface area contributed by atoms with Crippen LogP contribution < -0.4 is 10.6 Å². The lowest BCUT2D eigenvalue weighted by Gasteiger charge is -2.18. The van der Waals surface area contributed by atoms with Crippen LogP contribution in [-0.2, 0) is 17.9 Å². The molecule has 8 heteroatoms. The molecule has 7 nitrogen and oxygen atoms in total. The van der Waals surface area contributed by atoms with Crippen molar-refractivity contribution in [1.29, 1.82) is 0 Å². The zero-order chi connectivity index (χ0) is 18.4. The number of anilines is 1. The molecule has 1 aromatic heterocycles. The van der Waals surface area contributed by atoms with Gasteiger partial charge in [0.15, 0.2) is 5.16 Å². The van der Waals surface area contributed by atoms with E-state index < -0.39 is 0 Å². The number of aromatic amines is 1. The Balaban J connectivity index is 1.91. The predicted molar refractivity (Wildman–Crippen MR) is 101 cm³/mol. The molecule has 0 saturated heterocycles. The van der Waals surface area contributed by atoms with Crippen molar-refractivity contribution in [3.8, 4) is 0 Å². The molecule has 0 aliphatic carbocycles. The van der Waals surface area contributed by atoms with Crippen LogP contribution >= 0.6 is 11.8 Å². The molecule has 0 atom stereocenters. The van der Waals surface area contributed by atoms with Crippen LogP contribution in [0.25, 0.3) is 0 Å². The van der Waals surface area contributed by atoms with Crippen LogP contribution in [0.5, 0.6) is 0 Å². The first-order valence-electron chi connectivity index (χ1n) is 8.20. The maximum Gasteiger partial charge on any atom is 0.343 e.